The van der Waals surface area contributed by atoms with E-state index in [1.165, 1.54) is 12.7 Å². The number of carbonyl (C=O) groups excluding carboxylic acids is 1. The van der Waals surface area contributed by atoms with Crippen molar-refractivity contribution in [2.75, 3.05) is 19.0 Å². The highest BCUT2D eigenvalue weighted by Crippen LogP contribution is 2.40. The maximum absolute atomic E-state index is 14.5. The number of nitrogens with zero attached hydrogens (tertiary/aromatic N) is 3. The molecule has 3 aromatic rings. The van der Waals surface area contributed by atoms with Gasteiger partial charge in [-0.1, -0.05) is 30.3 Å². The molecule has 1 saturated heterocycles. The number of hydroxylamine groups is 2. The van der Waals surface area contributed by atoms with Gasteiger partial charge in [-0.3, -0.25) is 14.6 Å². The summed E-state index contributed by atoms with van der Waals surface area (Å²) in [6, 6.07) is 13.5. The molecule has 1 amide bonds. The third kappa shape index (κ3) is 3.96. The van der Waals surface area contributed by atoms with E-state index >= 15 is 0 Å². The van der Waals surface area contributed by atoms with Gasteiger partial charge in [0.2, 0.25) is 11.8 Å². The van der Waals surface area contributed by atoms with E-state index in [9.17, 15) is 9.18 Å². The Morgan fingerprint density at radius 1 is 1.26 bits per heavy atom. The van der Waals surface area contributed by atoms with Crippen LogP contribution in [-0.4, -0.2) is 40.7 Å². The number of methoxy groups -OCH3 is 1. The molecule has 1 N–H and O–H groups in total. The molecule has 3 heterocycles. The van der Waals surface area contributed by atoms with E-state index in [4.69, 9.17) is 9.57 Å². The fourth-order valence-electron chi connectivity index (χ4n) is 4.49. The van der Waals surface area contributed by atoms with Crippen LogP contribution in [0.4, 0.5) is 10.1 Å². The van der Waals surface area contributed by atoms with E-state index in [2.05, 4.69) is 27.4 Å². The minimum Gasteiger partial charge on any atom is -0.481 e. The van der Waals surface area contributed by atoms with Gasteiger partial charge < -0.3 is 10.1 Å². The lowest BCUT2D eigenvalue weighted by Gasteiger charge is -2.18. The summed E-state index contributed by atoms with van der Waals surface area (Å²) in [7, 11) is 1.48. The van der Waals surface area contributed by atoms with Gasteiger partial charge in [-0.05, 0) is 24.5 Å². The average Bonchev–Trinajstić information content (AvgIpc) is 3.35. The van der Waals surface area contributed by atoms with Gasteiger partial charge in [-0.25, -0.2) is 9.37 Å². The van der Waals surface area contributed by atoms with E-state index in [0.717, 1.165) is 19.3 Å². The number of anilines is 1. The number of fused-ring (bicyclic) bond motifs is 2. The summed E-state index contributed by atoms with van der Waals surface area (Å²) in [5, 5.41) is 4.72. The molecule has 0 radical (unpaired) electrons. The van der Waals surface area contributed by atoms with Crippen LogP contribution in [-0.2, 0) is 16.2 Å². The zero-order valence-electron chi connectivity index (χ0n) is 17.1. The number of pyridine rings is 2. The van der Waals surface area contributed by atoms with Crippen molar-refractivity contribution in [2.45, 2.75) is 25.5 Å². The summed E-state index contributed by atoms with van der Waals surface area (Å²) < 4.78 is 19.6. The van der Waals surface area contributed by atoms with Crippen molar-refractivity contribution < 1.29 is 18.8 Å². The third-order valence-corrected chi connectivity index (χ3v) is 6.02. The molecular formula is C23H23FN4O3. The number of benzene rings is 1. The second-order valence-corrected chi connectivity index (χ2v) is 8.07. The lowest BCUT2D eigenvalue weighted by Crippen LogP contribution is -2.25. The predicted molar refractivity (Wildman–Crippen MR) is 113 cm³/mol. The Morgan fingerprint density at radius 2 is 2.10 bits per heavy atom. The van der Waals surface area contributed by atoms with Crippen molar-refractivity contribution >= 4 is 22.6 Å². The Labute approximate surface area is 179 Å². The van der Waals surface area contributed by atoms with Crippen LogP contribution in [0, 0.1) is 17.7 Å². The number of amides is 1. The number of rotatable bonds is 5. The summed E-state index contributed by atoms with van der Waals surface area (Å²) in [4.78, 5) is 27.3. The second-order valence-electron chi connectivity index (χ2n) is 8.07. The minimum atomic E-state index is -0.620. The first kappa shape index (κ1) is 19.8. The van der Waals surface area contributed by atoms with E-state index in [-0.39, 0.29) is 35.1 Å². The van der Waals surface area contributed by atoms with Gasteiger partial charge in [-0.2, -0.15) is 5.06 Å². The molecule has 1 aliphatic carbocycles. The summed E-state index contributed by atoms with van der Waals surface area (Å²) in [6.45, 7) is 1.51. The average molecular weight is 422 g/mol. The number of carbonyl (C=O) groups is 1. The van der Waals surface area contributed by atoms with Crippen LogP contribution < -0.4 is 10.1 Å². The van der Waals surface area contributed by atoms with Crippen LogP contribution in [0.15, 0.2) is 48.7 Å². The lowest BCUT2D eigenvalue weighted by molar-refractivity contribution is -0.155. The molecule has 1 saturated carbocycles. The van der Waals surface area contributed by atoms with Gasteiger partial charge >= 0.3 is 0 Å². The summed E-state index contributed by atoms with van der Waals surface area (Å²) in [5.74, 6) is -0.453. The smallest absolute Gasteiger partial charge is 0.227 e. The number of hydrogen-bond acceptors (Lipinski definition) is 6. The fraction of sp³-hybridized carbons (Fsp3) is 0.348. The summed E-state index contributed by atoms with van der Waals surface area (Å²) >= 11 is 0. The van der Waals surface area contributed by atoms with Crippen LogP contribution in [0.1, 0.15) is 18.4 Å². The van der Waals surface area contributed by atoms with E-state index < -0.39 is 5.82 Å². The van der Waals surface area contributed by atoms with Gasteiger partial charge in [0.1, 0.15) is 11.2 Å². The fourth-order valence-corrected chi connectivity index (χ4v) is 4.49. The molecule has 2 aromatic heterocycles. The van der Waals surface area contributed by atoms with Crippen molar-refractivity contribution in [3.63, 3.8) is 0 Å². The Kier molecular flexibility index (Phi) is 5.25. The molecule has 3 atom stereocenters. The molecule has 1 aliphatic heterocycles. The number of aromatic nitrogens is 2. The molecule has 5 rings (SSSR count). The number of hydrogen-bond donors (Lipinski definition) is 1. The molecule has 2 fully saturated rings. The van der Waals surface area contributed by atoms with Crippen molar-refractivity contribution in [1.29, 1.82) is 0 Å². The zero-order valence-corrected chi connectivity index (χ0v) is 17.1. The molecule has 0 spiro atoms. The van der Waals surface area contributed by atoms with Gasteiger partial charge in [0.25, 0.3) is 0 Å². The van der Waals surface area contributed by atoms with E-state index in [1.807, 2.05) is 23.3 Å². The molecule has 7 nitrogen and oxygen atoms in total. The highest BCUT2D eigenvalue weighted by molar-refractivity contribution is 6.00. The first-order chi connectivity index (χ1) is 15.1. The number of halogens is 1. The van der Waals surface area contributed by atoms with Crippen LogP contribution in [0.2, 0.25) is 0 Å². The first-order valence-corrected chi connectivity index (χ1v) is 10.4. The third-order valence-electron chi connectivity index (χ3n) is 6.02. The standard InChI is InChI=1S/C23H23FN4O3/c1-30-20-8-7-18-22(26-20)21(17(24)11-25-18)27-23(29)15-9-16-13-28(31-19(16)10-15)12-14-5-3-2-4-6-14/h2-8,11,15-16,19H,9-10,12-13H2,1H3,(H,25,27,29)/t15-,16+,19?/m0/s1. The van der Waals surface area contributed by atoms with E-state index in [1.54, 1.807) is 12.1 Å². The maximum atomic E-state index is 14.5. The van der Waals surface area contributed by atoms with Crippen molar-refractivity contribution in [3.05, 3.63) is 60.0 Å². The highest BCUT2D eigenvalue weighted by Gasteiger charge is 2.44. The molecule has 0 bridgehead atoms. The van der Waals surface area contributed by atoms with Crippen molar-refractivity contribution in [3.8, 4) is 5.88 Å². The van der Waals surface area contributed by atoms with Crippen LogP contribution in [0.5, 0.6) is 5.88 Å². The minimum absolute atomic E-state index is 0.0108. The molecular weight excluding hydrogens is 399 g/mol. The Bertz CT molecular complexity index is 1100. The molecule has 160 valence electrons. The van der Waals surface area contributed by atoms with Gasteiger partial charge in [0.15, 0.2) is 5.82 Å². The first-order valence-electron chi connectivity index (χ1n) is 10.4. The lowest BCUT2D eigenvalue weighted by atomic mass is 10.0. The second kappa shape index (κ2) is 8.20. The zero-order chi connectivity index (χ0) is 21.4. The largest absolute Gasteiger partial charge is 0.481 e. The SMILES string of the molecule is COc1ccc2ncc(F)c(NC(=O)[C@@H]3CC4ON(Cc5ccccc5)C[C@H]4C3)c2n1. The monoisotopic (exact) mass is 422 g/mol. The van der Waals surface area contributed by atoms with Crippen LogP contribution in [0.3, 0.4) is 0 Å². The van der Waals surface area contributed by atoms with E-state index in [0.29, 0.717) is 24.2 Å². The van der Waals surface area contributed by atoms with Gasteiger partial charge in [-0.15, -0.1) is 0 Å². The highest BCUT2D eigenvalue weighted by atomic mass is 19.1. The van der Waals surface area contributed by atoms with Gasteiger partial charge in [0, 0.05) is 31.0 Å². The normalized spacial score (nSPS) is 23.1. The van der Waals surface area contributed by atoms with Crippen LogP contribution in [0.25, 0.3) is 11.0 Å². The molecule has 31 heavy (non-hydrogen) atoms. The quantitative estimate of drug-likeness (QED) is 0.678. The molecule has 2 aliphatic rings. The van der Waals surface area contributed by atoms with Crippen molar-refractivity contribution in [2.24, 2.45) is 11.8 Å². The Morgan fingerprint density at radius 3 is 2.87 bits per heavy atom. The number of ether oxygens (including phenoxy) is 1. The Balaban J connectivity index is 1.26. The Hall–Kier alpha value is -3.10. The summed E-state index contributed by atoms with van der Waals surface area (Å²) in [5.41, 5.74) is 1.99. The predicted octanol–water partition coefficient (Wildman–Crippen LogP) is 3.56. The van der Waals surface area contributed by atoms with Crippen LogP contribution >= 0.6 is 0 Å². The maximum Gasteiger partial charge on any atom is 0.227 e. The topological polar surface area (TPSA) is 76.6 Å². The molecule has 1 aromatic carbocycles. The van der Waals surface area contributed by atoms with Crippen molar-refractivity contribution in [1.82, 2.24) is 15.0 Å². The summed E-state index contributed by atoms with van der Waals surface area (Å²) in [6.07, 6.45) is 2.43. The number of nitrogens with one attached hydrogen (secondary N) is 1. The molecule has 1 unspecified atom stereocenters. The van der Waals surface area contributed by atoms with Gasteiger partial charge in [0.05, 0.1) is 24.9 Å². The molecule has 8 heteroatoms.